The minimum Gasteiger partial charge on any atom is -0.495 e. The summed E-state index contributed by atoms with van der Waals surface area (Å²) in [5.41, 5.74) is 3.09. The minimum atomic E-state index is -4.58. The maximum Gasteiger partial charge on any atom is 0.427 e. The molecule has 1 heterocycles. The number of aliphatic hydroxyl groups excluding tert-OH is 1. The molecule has 33 heavy (non-hydrogen) atoms. The van der Waals surface area contributed by atoms with Gasteiger partial charge in [0.25, 0.3) is 0 Å². The van der Waals surface area contributed by atoms with Crippen molar-refractivity contribution in [2.45, 2.75) is 45.8 Å². The van der Waals surface area contributed by atoms with Gasteiger partial charge in [0.1, 0.15) is 23.0 Å². The Morgan fingerprint density at radius 2 is 1.82 bits per heavy atom. The van der Waals surface area contributed by atoms with E-state index in [0.717, 1.165) is 16.7 Å². The van der Waals surface area contributed by atoms with Gasteiger partial charge in [-0.05, 0) is 66.7 Å². The molecule has 0 aliphatic heterocycles. The van der Waals surface area contributed by atoms with Gasteiger partial charge >= 0.3 is 6.18 Å². The molecule has 2 N–H and O–H groups in total. The van der Waals surface area contributed by atoms with Gasteiger partial charge in [0.2, 0.25) is 0 Å². The third-order valence-corrected chi connectivity index (χ3v) is 6.61. The quantitative estimate of drug-likeness (QED) is 0.374. The second-order valence-corrected chi connectivity index (χ2v) is 8.65. The number of alkyl halides is 3. The van der Waals surface area contributed by atoms with Crippen LogP contribution in [0.3, 0.4) is 0 Å². The number of benzene rings is 2. The maximum atomic E-state index is 13.7. The second-order valence-electron chi connectivity index (χ2n) is 7.47. The number of methoxy groups -OCH3 is 1. The number of halogens is 4. The summed E-state index contributed by atoms with van der Waals surface area (Å²) < 4.78 is 56.1. The molecule has 5 nitrogen and oxygen atoms in total. The molecule has 3 rings (SSSR count). The van der Waals surface area contributed by atoms with Crippen LogP contribution in [0.5, 0.6) is 11.5 Å². The highest BCUT2D eigenvalue weighted by Gasteiger charge is 2.38. The fourth-order valence-electron chi connectivity index (χ4n) is 3.41. The molecule has 0 atom stereocenters. The van der Waals surface area contributed by atoms with E-state index in [2.05, 4.69) is 4.37 Å². The molecule has 0 aliphatic rings. The van der Waals surface area contributed by atoms with Crippen molar-refractivity contribution < 1.29 is 32.9 Å². The summed E-state index contributed by atoms with van der Waals surface area (Å²) in [5, 5.41) is 18.5. The average molecular weight is 502 g/mol. The van der Waals surface area contributed by atoms with Crippen LogP contribution in [-0.4, -0.2) is 28.0 Å². The molecule has 3 aromatic rings. The number of hydrogen-bond donors (Lipinski definition) is 2. The number of rotatable bonds is 8. The van der Waals surface area contributed by atoms with E-state index in [4.69, 9.17) is 31.3 Å². The van der Waals surface area contributed by atoms with E-state index in [1.165, 1.54) is 7.11 Å². The van der Waals surface area contributed by atoms with Gasteiger partial charge < -0.3 is 19.7 Å². The lowest BCUT2D eigenvalue weighted by Gasteiger charge is -2.16. The topological polar surface area (TPSA) is 71.8 Å². The van der Waals surface area contributed by atoms with E-state index in [0.29, 0.717) is 40.0 Å². The number of aryl methyl sites for hydroxylation is 1. The van der Waals surface area contributed by atoms with Gasteiger partial charge in [0.05, 0.1) is 17.8 Å². The van der Waals surface area contributed by atoms with Crippen LogP contribution in [0.15, 0.2) is 30.3 Å². The Balaban J connectivity index is 1.94. The van der Waals surface area contributed by atoms with Gasteiger partial charge in [-0.15, -0.1) is 0 Å². The highest BCUT2D eigenvalue weighted by molar-refractivity contribution is 7.06. The van der Waals surface area contributed by atoms with Crippen LogP contribution in [0, 0.1) is 13.8 Å². The van der Waals surface area contributed by atoms with E-state index in [1.54, 1.807) is 30.3 Å². The molecular weight excluding hydrogens is 479 g/mol. The summed E-state index contributed by atoms with van der Waals surface area (Å²) >= 11 is 6.43. The number of nitrogens with zero attached hydrogens (tertiary/aromatic N) is 1. The molecule has 0 amide bonds. The Bertz CT molecular complexity index is 1130. The fraction of sp³-hybridized carbons (Fsp3) is 0.348. The fourth-order valence-corrected chi connectivity index (χ4v) is 4.38. The van der Waals surface area contributed by atoms with Crippen molar-refractivity contribution in [3.63, 3.8) is 0 Å². The highest BCUT2D eigenvalue weighted by atomic mass is 35.5. The van der Waals surface area contributed by atoms with Gasteiger partial charge in [-0.2, -0.15) is 17.5 Å². The Hall–Kier alpha value is -2.33. The monoisotopic (exact) mass is 501 g/mol. The van der Waals surface area contributed by atoms with E-state index in [1.807, 2.05) is 13.8 Å². The predicted molar refractivity (Wildman–Crippen MR) is 121 cm³/mol. The Labute approximate surface area is 198 Å². The van der Waals surface area contributed by atoms with Crippen LogP contribution in [-0.2, 0) is 19.2 Å². The van der Waals surface area contributed by atoms with Gasteiger partial charge in [0, 0.05) is 17.5 Å². The van der Waals surface area contributed by atoms with Gasteiger partial charge in [-0.1, -0.05) is 23.7 Å². The highest BCUT2D eigenvalue weighted by Crippen LogP contribution is 2.41. The summed E-state index contributed by atoms with van der Waals surface area (Å²) in [4.78, 5) is -0.825. The van der Waals surface area contributed by atoms with Crippen LogP contribution < -0.4 is 9.47 Å². The molecule has 1 aromatic heterocycles. The first-order valence-electron chi connectivity index (χ1n) is 10.0. The summed E-state index contributed by atoms with van der Waals surface area (Å²) in [5.74, 6) is 0.775. The molecule has 2 aromatic carbocycles. The number of hydrogen-bond acceptors (Lipinski definition) is 6. The Morgan fingerprint density at radius 3 is 2.45 bits per heavy atom. The molecule has 0 radical (unpaired) electrons. The molecule has 178 valence electrons. The second kappa shape index (κ2) is 10.3. The van der Waals surface area contributed by atoms with Crippen LogP contribution >= 0.6 is 23.1 Å². The van der Waals surface area contributed by atoms with E-state index in [9.17, 15) is 13.2 Å². The first-order chi connectivity index (χ1) is 15.5. The minimum absolute atomic E-state index is 0.0681. The van der Waals surface area contributed by atoms with Crippen molar-refractivity contribution in [2.24, 2.45) is 0 Å². The lowest BCUT2D eigenvalue weighted by atomic mass is 9.98. The van der Waals surface area contributed by atoms with E-state index in [-0.39, 0.29) is 24.3 Å². The van der Waals surface area contributed by atoms with Crippen molar-refractivity contribution >= 4 is 23.1 Å². The van der Waals surface area contributed by atoms with Crippen molar-refractivity contribution in [1.29, 1.82) is 0 Å². The molecule has 0 fully saturated rings. The Kier molecular flexibility index (Phi) is 7.89. The number of aliphatic hydroxyl groups is 2. The van der Waals surface area contributed by atoms with E-state index >= 15 is 0 Å². The molecule has 0 unspecified atom stereocenters. The zero-order valence-corrected chi connectivity index (χ0v) is 19.7. The maximum absolute atomic E-state index is 13.7. The van der Waals surface area contributed by atoms with Crippen molar-refractivity contribution in [1.82, 2.24) is 4.37 Å². The summed E-state index contributed by atoms with van der Waals surface area (Å²) in [6, 6.07) is 8.13. The van der Waals surface area contributed by atoms with E-state index < -0.39 is 17.3 Å². The van der Waals surface area contributed by atoms with Gasteiger partial charge in [0.15, 0.2) is 6.29 Å². The normalized spacial score (nSPS) is 11.8. The van der Waals surface area contributed by atoms with Gasteiger partial charge in [-0.3, -0.25) is 0 Å². The lowest BCUT2D eigenvalue weighted by molar-refractivity contribution is -0.135. The molecule has 0 aliphatic carbocycles. The zero-order chi connectivity index (χ0) is 24.3. The molecule has 0 saturated carbocycles. The molecular formula is C23H23ClF3NO4S. The summed E-state index contributed by atoms with van der Waals surface area (Å²) in [7, 11) is 1.42. The number of aromatic nitrogens is 1. The van der Waals surface area contributed by atoms with Gasteiger partial charge in [-0.25, -0.2) is 0 Å². The molecule has 10 heteroatoms. The van der Waals surface area contributed by atoms with Crippen molar-refractivity contribution in [2.75, 3.05) is 7.11 Å². The Morgan fingerprint density at radius 1 is 1.09 bits per heavy atom. The standard InChI is InChI=1S/C23H23ClF3NO4S/c1-12-13(2)18(8-5-14(12)6-9-20(29)30)32-11-16-21(28-33-22(16)23(25,26)27)15-4-7-17(24)19(10-15)31-3/h4-5,7-8,10,20,29-30H,6,9,11H2,1-3H3. The summed E-state index contributed by atoms with van der Waals surface area (Å²) in [6.45, 7) is 3.34. The zero-order valence-electron chi connectivity index (χ0n) is 18.2. The van der Waals surface area contributed by atoms with Crippen LogP contribution in [0.25, 0.3) is 11.3 Å². The predicted octanol–water partition coefficient (Wildman–Crippen LogP) is 5.93. The van der Waals surface area contributed by atoms with Crippen LogP contribution in [0.4, 0.5) is 13.2 Å². The van der Waals surface area contributed by atoms with Crippen LogP contribution in [0.2, 0.25) is 5.02 Å². The largest absolute Gasteiger partial charge is 0.495 e. The van der Waals surface area contributed by atoms with Crippen LogP contribution in [0.1, 0.15) is 33.6 Å². The first-order valence-corrected chi connectivity index (χ1v) is 11.2. The third kappa shape index (κ3) is 5.78. The van der Waals surface area contributed by atoms with Crippen molar-refractivity contribution in [3.8, 4) is 22.8 Å². The molecule has 0 saturated heterocycles. The number of ether oxygens (including phenoxy) is 2. The lowest BCUT2D eigenvalue weighted by Crippen LogP contribution is -2.09. The molecule has 0 spiro atoms. The molecule has 0 bridgehead atoms. The SMILES string of the molecule is COc1cc(-c2nsc(C(F)(F)F)c2COc2ccc(CCC(O)O)c(C)c2C)ccc1Cl. The smallest absolute Gasteiger partial charge is 0.427 e. The summed E-state index contributed by atoms with van der Waals surface area (Å²) in [6.07, 6.45) is -5.34. The van der Waals surface area contributed by atoms with Crippen molar-refractivity contribution in [3.05, 3.63) is 62.5 Å². The first kappa shape index (κ1) is 25.3. The third-order valence-electron chi connectivity index (χ3n) is 5.36. The average Bonchev–Trinajstić information content (AvgIpc) is 3.19.